The number of aryl methyl sites for hydroxylation is 2. The smallest absolute Gasteiger partial charge is 0.150 e. The van der Waals surface area contributed by atoms with Gasteiger partial charge in [-0.1, -0.05) is 0 Å². The average Bonchev–Trinajstić information content (AvgIpc) is 2.89. The molecule has 0 amide bonds. The van der Waals surface area contributed by atoms with E-state index in [4.69, 9.17) is 0 Å². The highest BCUT2D eigenvalue weighted by Crippen LogP contribution is 2.20. The minimum absolute atomic E-state index is 0.540. The summed E-state index contributed by atoms with van der Waals surface area (Å²) in [6.45, 7) is 10.2. The predicted molar refractivity (Wildman–Crippen MR) is 82.6 cm³/mol. The zero-order valence-electron chi connectivity index (χ0n) is 13.0. The highest BCUT2D eigenvalue weighted by atomic mass is 16.3. The monoisotopic (exact) mass is 291 g/mol. The van der Waals surface area contributed by atoms with Crippen molar-refractivity contribution in [3.05, 3.63) is 17.6 Å². The number of rotatable bonds is 3. The highest BCUT2D eigenvalue weighted by Gasteiger charge is 2.34. The van der Waals surface area contributed by atoms with Gasteiger partial charge in [0.25, 0.3) is 0 Å². The first-order valence-electron chi connectivity index (χ1n) is 7.76. The lowest BCUT2D eigenvalue weighted by Gasteiger charge is -2.38. The minimum Gasteiger partial charge on any atom is -0.387 e. The van der Waals surface area contributed by atoms with Gasteiger partial charge in [-0.15, -0.1) is 0 Å². The van der Waals surface area contributed by atoms with Gasteiger partial charge in [0.1, 0.15) is 5.82 Å². The van der Waals surface area contributed by atoms with E-state index in [1.165, 1.54) is 0 Å². The standard InChI is InChI=1S/C15H25N5O/c1-12-9-17-13(2)14(18-12)20-7-5-19(6-8-20)11-15(21)3-4-16-10-15/h9,16,21H,3-8,10-11H2,1-2H3/t15-/m0/s1. The van der Waals surface area contributed by atoms with Crippen molar-refractivity contribution in [1.82, 2.24) is 20.2 Å². The van der Waals surface area contributed by atoms with Gasteiger partial charge in [-0.25, -0.2) is 4.98 Å². The molecule has 0 radical (unpaired) electrons. The van der Waals surface area contributed by atoms with E-state index in [1.807, 2.05) is 20.0 Å². The summed E-state index contributed by atoms with van der Waals surface area (Å²) in [5.74, 6) is 1.01. The summed E-state index contributed by atoms with van der Waals surface area (Å²) in [4.78, 5) is 13.7. The Morgan fingerprint density at radius 2 is 2.05 bits per heavy atom. The normalized spacial score (nSPS) is 27.3. The van der Waals surface area contributed by atoms with Crippen molar-refractivity contribution >= 4 is 5.82 Å². The van der Waals surface area contributed by atoms with Gasteiger partial charge in [-0.05, 0) is 26.8 Å². The fourth-order valence-corrected chi connectivity index (χ4v) is 3.22. The van der Waals surface area contributed by atoms with Crippen LogP contribution in [0.5, 0.6) is 0 Å². The van der Waals surface area contributed by atoms with E-state index in [-0.39, 0.29) is 0 Å². The number of β-amino-alcohol motifs (C(OH)–C–C–N with tert-alkyl or cyclic N) is 1. The Morgan fingerprint density at radius 3 is 2.71 bits per heavy atom. The molecule has 0 saturated carbocycles. The molecule has 6 nitrogen and oxygen atoms in total. The lowest BCUT2D eigenvalue weighted by atomic mass is 10.0. The van der Waals surface area contributed by atoms with Crippen LogP contribution in [0.2, 0.25) is 0 Å². The number of nitrogens with zero attached hydrogens (tertiary/aromatic N) is 4. The Bertz CT molecular complexity index is 493. The summed E-state index contributed by atoms with van der Waals surface area (Å²) in [6.07, 6.45) is 2.67. The van der Waals surface area contributed by atoms with Crippen LogP contribution < -0.4 is 10.2 Å². The topological polar surface area (TPSA) is 64.5 Å². The summed E-state index contributed by atoms with van der Waals surface area (Å²) in [7, 11) is 0. The van der Waals surface area contributed by atoms with E-state index < -0.39 is 5.60 Å². The van der Waals surface area contributed by atoms with Gasteiger partial charge < -0.3 is 15.3 Å². The molecule has 0 aromatic carbocycles. The van der Waals surface area contributed by atoms with Crippen LogP contribution in [0.3, 0.4) is 0 Å². The summed E-state index contributed by atoms with van der Waals surface area (Å²) in [5, 5.41) is 13.7. The van der Waals surface area contributed by atoms with Crippen molar-refractivity contribution in [3.8, 4) is 0 Å². The Labute approximate surface area is 126 Å². The second kappa shape index (κ2) is 5.87. The maximum atomic E-state index is 10.5. The molecule has 0 aliphatic carbocycles. The van der Waals surface area contributed by atoms with Gasteiger partial charge in [0.2, 0.25) is 0 Å². The van der Waals surface area contributed by atoms with E-state index in [9.17, 15) is 5.11 Å². The van der Waals surface area contributed by atoms with E-state index in [1.54, 1.807) is 0 Å². The molecule has 0 unspecified atom stereocenters. The second-order valence-corrected chi connectivity index (χ2v) is 6.33. The molecule has 3 heterocycles. The van der Waals surface area contributed by atoms with Gasteiger partial charge in [-0.3, -0.25) is 9.88 Å². The first-order valence-corrected chi connectivity index (χ1v) is 7.76. The van der Waals surface area contributed by atoms with E-state index in [0.717, 1.165) is 69.4 Å². The molecule has 0 bridgehead atoms. The molecule has 1 atom stereocenters. The van der Waals surface area contributed by atoms with Crippen LogP contribution in [0.15, 0.2) is 6.20 Å². The molecule has 0 spiro atoms. The third kappa shape index (κ3) is 3.33. The molecule has 3 rings (SSSR count). The Kier molecular flexibility index (Phi) is 4.10. The van der Waals surface area contributed by atoms with E-state index in [0.29, 0.717) is 0 Å². The lowest BCUT2D eigenvalue weighted by molar-refractivity contribution is 0.0193. The molecule has 21 heavy (non-hydrogen) atoms. The first kappa shape index (κ1) is 14.7. The van der Waals surface area contributed by atoms with Crippen molar-refractivity contribution in [2.24, 2.45) is 0 Å². The molecule has 2 saturated heterocycles. The van der Waals surface area contributed by atoms with Crippen molar-refractivity contribution in [1.29, 1.82) is 0 Å². The summed E-state index contributed by atoms with van der Waals surface area (Å²) in [6, 6.07) is 0. The second-order valence-electron chi connectivity index (χ2n) is 6.33. The first-order chi connectivity index (χ1) is 10.1. The minimum atomic E-state index is -0.540. The summed E-state index contributed by atoms with van der Waals surface area (Å²) < 4.78 is 0. The van der Waals surface area contributed by atoms with Gasteiger partial charge in [-0.2, -0.15) is 0 Å². The number of hydrogen-bond acceptors (Lipinski definition) is 6. The van der Waals surface area contributed by atoms with Crippen LogP contribution in [0.4, 0.5) is 5.82 Å². The Hall–Kier alpha value is -1.24. The number of aliphatic hydroxyl groups is 1. The SMILES string of the molecule is Cc1cnc(C)c(N2CCN(C[C@]3(O)CCNC3)CC2)n1. The quantitative estimate of drug-likeness (QED) is 0.813. The zero-order valence-corrected chi connectivity index (χ0v) is 13.0. The number of piperazine rings is 1. The van der Waals surface area contributed by atoms with Gasteiger partial charge in [0.05, 0.1) is 17.0 Å². The fraction of sp³-hybridized carbons (Fsp3) is 0.733. The molecule has 2 aliphatic rings. The Morgan fingerprint density at radius 1 is 1.29 bits per heavy atom. The van der Waals surface area contributed by atoms with Crippen LogP contribution in [-0.4, -0.2) is 71.4 Å². The average molecular weight is 291 g/mol. The summed E-state index contributed by atoms with van der Waals surface area (Å²) in [5.41, 5.74) is 1.42. The highest BCUT2D eigenvalue weighted by molar-refractivity contribution is 5.43. The maximum absolute atomic E-state index is 10.5. The third-order valence-electron chi connectivity index (χ3n) is 4.46. The van der Waals surface area contributed by atoms with Crippen molar-refractivity contribution in [3.63, 3.8) is 0 Å². The number of aromatic nitrogens is 2. The van der Waals surface area contributed by atoms with Gasteiger partial charge in [0.15, 0.2) is 0 Å². The van der Waals surface area contributed by atoms with Crippen molar-refractivity contribution in [2.45, 2.75) is 25.9 Å². The van der Waals surface area contributed by atoms with E-state index in [2.05, 4.69) is 25.1 Å². The van der Waals surface area contributed by atoms with Crippen molar-refractivity contribution < 1.29 is 5.11 Å². The molecular weight excluding hydrogens is 266 g/mol. The van der Waals surface area contributed by atoms with Gasteiger partial charge in [0, 0.05) is 45.5 Å². The molecule has 2 N–H and O–H groups in total. The maximum Gasteiger partial charge on any atom is 0.150 e. The lowest BCUT2D eigenvalue weighted by Crippen LogP contribution is -2.53. The summed E-state index contributed by atoms with van der Waals surface area (Å²) >= 11 is 0. The molecule has 1 aromatic rings. The molecule has 1 aromatic heterocycles. The van der Waals surface area contributed by atoms with Crippen LogP contribution in [0.25, 0.3) is 0 Å². The Balaban J connectivity index is 1.58. The van der Waals surface area contributed by atoms with Crippen LogP contribution in [0, 0.1) is 13.8 Å². The number of anilines is 1. The third-order valence-corrected chi connectivity index (χ3v) is 4.46. The van der Waals surface area contributed by atoms with Crippen molar-refractivity contribution in [2.75, 3.05) is 50.7 Å². The molecule has 116 valence electrons. The number of nitrogens with one attached hydrogen (secondary N) is 1. The molecule has 2 aliphatic heterocycles. The number of hydrogen-bond donors (Lipinski definition) is 2. The van der Waals surface area contributed by atoms with Crippen LogP contribution >= 0.6 is 0 Å². The van der Waals surface area contributed by atoms with Crippen LogP contribution in [-0.2, 0) is 0 Å². The zero-order chi connectivity index (χ0) is 14.9. The largest absolute Gasteiger partial charge is 0.387 e. The van der Waals surface area contributed by atoms with E-state index >= 15 is 0 Å². The predicted octanol–water partition coefficient (Wildman–Crippen LogP) is -0.0602. The molecule has 2 fully saturated rings. The molecule has 6 heteroatoms. The van der Waals surface area contributed by atoms with Crippen LogP contribution in [0.1, 0.15) is 17.8 Å². The van der Waals surface area contributed by atoms with Gasteiger partial charge >= 0.3 is 0 Å². The molecular formula is C15H25N5O. The fourth-order valence-electron chi connectivity index (χ4n) is 3.22.